The standard InChI is InChI=1S/C19H20BFN4O/c20-19(8-14(21)10-24-11-19)13-4-6-15(7-5-13)25-9-12-2-1-3-16(17(12)22)18(23)26/h1-7,9,14,24H,8,10-11,22H2,(H2,23,26). The topological polar surface area (TPSA) is 93.5 Å². The fraction of sp³-hybridized carbons (Fsp3) is 0.263. The molecule has 132 valence electrons. The van der Waals surface area contributed by atoms with Gasteiger partial charge in [-0.2, -0.15) is 0 Å². The Hall–Kier alpha value is -2.67. The Morgan fingerprint density at radius 2 is 2.04 bits per heavy atom. The molecule has 1 heterocycles. The molecule has 0 spiro atoms. The second-order valence-corrected chi connectivity index (χ2v) is 6.57. The lowest BCUT2D eigenvalue weighted by Gasteiger charge is -2.37. The molecule has 2 aromatic carbocycles. The molecule has 2 atom stereocenters. The number of rotatable bonds is 4. The zero-order valence-corrected chi connectivity index (χ0v) is 14.3. The van der Waals surface area contributed by atoms with Gasteiger partial charge in [-0.15, -0.1) is 0 Å². The van der Waals surface area contributed by atoms with Gasteiger partial charge < -0.3 is 16.8 Å². The van der Waals surface area contributed by atoms with Gasteiger partial charge in [-0.1, -0.05) is 24.3 Å². The number of piperidine rings is 1. The maximum atomic E-state index is 13.7. The highest BCUT2D eigenvalue weighted by molar-refractivity contribution is 6.16. The van der Waals surface area contributed by atoms with Crippen LogP contribution in [-0.4, -0.2) is 39.2 Å². The minimum atomic E-state index is -0.952. The number of nitrogens with zero attached hydrogens (tertiary/aromatic N) is 1. The predicted octanol–water partition coefficient (Wildman–Crippen LogP) is 1.81. The van der Waals surface area contributed by atoms with Crippen molar-refractivity contribution in [1.29, 1.82) is 0 Å². The molecule has 0 aliphatic carbocycles. The summed E-state index contributed by atoms with van der Waals surface area (Å²) in [4.78, 5) is 15.7. The molecule has 26 heavy (non-hydrogen) atoms. The number of nitrogens with one attached hydrogen (secondary N) is 1. The molecule has 7 heteroatoms. The molecule has 1 aliphatic rings. The van der Waals surface area contributed by atoms with Gasteiger partial charge in [0, 0.05) is 18.3 Å². The molecule has 0 saturated carbocycles. The molecule has 3 rings (SSSR count). The molecule has 2 unspecified atom stereocenters. The number of para-hydroxylation sites is 1. The van der Waals surface area contributed by atoms with Gasteiger partial charge in [0.15, 0.2) is 0 Å². The minimum absolute atomic E-state index is 0.264. The van der Waals surface area contributed by atoms with E-state index < -0.39 is 17.4 Å². The number of hydrogen-bond acceptors (Lipinski definition) is 4. The Balaban J connectivity index is 1.79. The molecule has 5 N–H and O–H groups in total. The van der Waals surface area contributed by atoms with Crippen LogP contribution in [-0.2, 0) is 5.31 Å². The van der Waals surface area contributed by atoms with E-state index in [-0.39, 0.29) is 5.56 Å². The van der Waals surface area contributed by atoms with E-state index in [0.29, 0.717) is 36.4 Å². The van der Waals surface area contributed by atoms with Crippen LogP contribution in [0.25, 0.3) is 0 Å². The van der Waals surface area contributed by atoms with E-state index in [9.17, 15) is 9.18 Å². The van der Waals surface area contributed by atoms with Gasteiger partial charge in [0.25, 0.3) is 5.91 Å². The van der Waals surface area contributed by atoms with Crippen molar-refractivity contribution in [3.8, 4) is 0 Å². The SMILES string of the molecule is [B]C1(c2ccc(N=Cc3cccc(C(N)=O)c3N)cc2)CNCC(F)C1. The van der Waals surface area contributed by atoms with Crippen molar-refractivity contribution >= 4 is 31.3 Å². The third-order valence-electron chi connectivity index (χ3n) is 4.59. The Morgan fingerprint density at radius 1 is 1.31 bits per heavy atom. The van der Waals surface area contributed by atoms with Crippen LogP contribution in [0, 0.1) is 0 Å². The Labute approximate surface area is 153 Å². The number of nitrogens with two attached hydrogens (primary N) is 2. The predicted molar refractivity (Wildman–Crippen MR) is 103 cm³/mol. The fourth-order valence-electron chi connectivity index (χ4n) is 3.15. The molecular weight excluding hydrogens is 330 g/mol. The molecule has 5 nitrogen and oxygen atoms in total. The largest absolute Gasteiger partial charge is 0.398 e. The molecule has 2 aromatic rings. The number of carbonyl (C=O) groups is 1. The number of anilines is 1. The average molecular weight is 350 g/mol. The summed E-state index contributed by atoms with van der Waals surface area (Å²) in [6, 6.07) is 12.4. The first kappa shape index (κ1) is 18.1. The second-order valence-electron chi connectivity index (χ2n) is 6.57. The van der Waals surface area contributed by atoms with E-state index >= 15 is 0 Å². The number of hydrogen-bond donors (Lipinski definition) is 3. The van der Waals surface area contributed by atoms with Crippen molar-refractivity contribution in [1.82, 2.24) is 5.32 Å². The lowest BCUT2D eigenvalue weighted by Crippen LogP contribution is -2.48. The first-order valence-electron chi connectivity index (χ1n) is 8.35. The number of primary amides is 1. The van der Waals surface area contributed by atoms with Crippen molar-refractivity contribution in [2.45, 2.75) is 17.9 Å². The van der Waals surface area contributed by atoms with Crippen molar-refractivity contribution in [2.24, 2.45) is 10.7 Å². The molecule has 1 fully saturated rings. The molecule has 0 aromatic heterocycles. The number of benzene rings is 2. The lowest BCUT2D eigenvalue weighted by molar-refractivity contribution is 0.100. The highest BCUT2D eigenvalue weighted by atomic mass is 19.1. The summed E-state index contributed by atoms with van der Waals surface area (Å²) in [6.45, 7) is 0.875. The Morgan fingerprint density at radius 3 is 2.69 bits per heavy atom. The maximum absolute atomic E-state index is 13.7. The van der Waals surface area contributed by atoms with Crippen molar-refractivity contribution in [3.63, 3.8) is 0 Å². The highest BCUT2D eigenvalue weighted by Crippen LogP contribution is 2.30. The van der Waals surface area contributed by atoms with Crippen LogP contribution in [0.5, 0.6) is 0 Å². The molecular formula is C19H20BFN4O. The van der Waals surface area contributed by atoms with Crippen molar-refractivity contribution in [2.75, 3.05) is 18.8 Å². The minimum Gasteiger partial charge on any atom is -0.398 e. The van der Waals surface area contributed by atoms with Gasteiger partial charge in [0.2, 0.25) is 0 Å². The maximum Gasteiger partial charge on any atom is 0.250 e. The van der Waals surface area contributed by atoms with Crippen LogP contribution < -0.4 is 16.8 Å². The summed E-state index contributed by atoms with van der Waals surface area (Å²) in [7, 11) is 6.35. The van der Waals surface area contributed by atoms with E-state index in [0.717, 1.165) is 5.56 Å². The van der Waals surface area contributed by atoms with Crippen LogP contribution in [0.4, 0.5) is 15.8 Å². The van der Waals surface area contributed by atoms with E-state index in [4.69, 9.17) is 19.3 Å². The van der Waals surface area contributed by atoms with Crippen LogP contribution in [0.2, 0.25) is 0 Å². The van der Waals surface area contributed by atoms with Crippen molar-refractivity contribution < 1.29 is 9.18 Å². The Kier molecular flexibility index (Phi) is 5.09. The second kappa shape index (κ2) is 7.29. The number of aliphatic imine (C=N–C) groups is 1. The van der Waals surface area contributed by atoms with E-state index in [1.54, 1.807) is 24.4 Å². The van der Waals surface area contributed by atoms with Crippen LogP contribution >= 0.6 is 0 Å². The third-order valence-corrected chi connectivity index (χ3v) is 4.59. The summed E-state index contributed by atoms with van der Waals surface area (Å²) in [5, 5.41) is 2.30. The normalized spacial score (nSPS) is 23.2. The number of carbonyl (C=O) groups excluding carboxylic acids is 1. The molecule has 1 saturated heterocycles. The van der Waals surface area contributed by atoms with Gasteiger partial charge in [0.1, 0.15) is 6.17 Å². The van der Waals surface area contributed by atoms with Crippen LogP contribution in [0.15, 0.2) is 47.5 Å². The summed E-state index contributed by atoms with van der Waals surface area (Å²) in [5.41, 5.74) is 14.0. The summed E-state index contributed by atoms with van der Waals surface area (Å²) >= 11 is 0. The lowest BCUT2D eigenvalue weighted by atomic mass is 9.60. The number of amides is 1. The van der Waals surface area contributed by atoms with Crippen LogP contribution in [0.1, 0.15) is 27.9 Å². The molecule has 1 amide bonds. The van der Waals surface area contributed by atoms with E-state index in [1.807, 2.05) is 24.3 Å². The quantitative estimate of drug-likeness (QED) is 0.446. The monoisotopic (exact) mass is 350 g/mol. The first-order valence-corrected chi connectivity index (χ1v) is 8.35. The van der Waals surface area contributed by atoms with Crippen LogP contribution in [0.3, 0.4) is 0 Å². The zero-order valence-electron chi connectivity index (χ0n) is 14.3. The highest BCUT2D eigenvalue weighted by Gasteiger charge is 2.33. The zero-order chi connectivity index (χ0) is 18.7. The summed E-state index contributed by atoms with van der Waals surface area (Å²) in [6.07, 6.45) is 0.917. The fourth-order valence-corrected chi connectivity index (χ4v) is 3.15. The third kappa shape index (κ3) is 3.78. The smallest absolute Gasteiger partial charge is 0.250 e. The summed E-state index contributed by atoms with van der Waals surface area (Å²) < 4.78 is 13.7. The van der Waals surface area contributed by atoms with Gasteiger partial charge >= 0.3 is 0 Å². The number of nitrogen functional groups attached to an aromatic ring is 1. The molecule has 1 aliphatic heterocycles. The molecule has 2 radical (unpaired) electrons. The molecule has 0 bridgehead atoms. The Bertz CT molecular complexity index is 840. The van der Waals surface area contributed by atoms with Gasteiger partial charge in [-0.05, 0) is 42.0 Å². The average Bonchev–Trinajstić information content (AvgIpc) is 2.61. The van der Waals surface area contributed by atoms with Gasteiger partial charge in [-0.25, -0.2) is 4.39 Å². The number of halogens is 1. The summed E-state index contributed by atoms with van der Waals surface area (Å²) in [5.74, 6) is -0.581. The van der Waals surface area contributed by atoms with E-state index in [1.165, 1.54) is 0 Å². The van der Waals surface area contributed by atoms with Gasteiger partial charge in [0.05, 0.1) is 24.8 Å². The number of alkyl halides is 1. The van der Waals surface area contributed by atoms with E-state index in [2.05, 4.69) is 10.3 Å². The van der Waals surface area contributed by atoms with Gasteiger partial charge in [-0.3, -0.25) is 9.79 Å². The first-order chi connectivity index (χ1) is 12.4. The van der Waals surface area contributed by atoms with Crippen molar-refractivity contribution in [3.05, 3.63) is 59.2 Å².